The lowest BCUT2D eigenvalue weighted by atomic mass is 10.2. The molecule has 1 aromatic rings. The molecule has 0 fully saturated rings. The summed E-state index contributed by atoms with van der Waals surface area (Å²) in [6.07, 6.45) is 0. The summed E-state index contributed by atoms with van der Waals surface area (Å²) in [5.74, 6) is -1.66. The van der Waals surface area contributed by atoms with Crippen LogP contribution in [0.2, 0.25) is 0 Å². The molecule has 0 amide bonds. The predicted octanol–water partition coefficient (Wildman–Crippen LogP) is 1.92. The fraction of sp³-hybridized carbons (Fsp3) is 0.500. The highest BCUT2D eigenvalue weighted by atomic mass is 28.2. The smallest absolute Gasteiger partial charge is 0.261 e. The number of ether oxygens (including phenoxy) is 2. The van der Waals surface area contributed by atoms with Gasteiger partial charge in [-0.3, -0.25) is 0 Å². The van der Waals surface area contributed by atoms with E-state index in [4.69, 9.17) is 13.9 Å². The van der Waals surface area contributed by atoms with Gasteiger partial charge in [-0.25, -0.2) is 8.78 Å². The number of hydrogen-bond acceptors (Lipinski definition) is 3. The topological polar surface area (TPSA) is 27.7 Å². The largest absolute Gasteiger partial charge is 0.378 e. The molecule has 0 radical (unpaired) electrons. The third kappa shape index (κ3) is 5.22. The number of benzene rings is 1. The summed E-state index contributed by atoms with van der Waals surface area (Å²) in [6, 6.07) is 4.49. The van der Waals surface area contributed by atoms with Crippen LogP contribution in [0, 0.1) is 11.6 Å². The van der Waals surface area contributed by atoms with Gasteiger partial charge in [-0.05, 0) is 37.6 Å². The number of rotatable bonds is 8. The number of halogens is 2. The van der Waals surface area contributed by atoms with Crippen LogP contribution < -0.4 is 0 Å². The second-order valence-corrected chi connectivity index (χ2v) is 4.81. The molecule has 3 nitrogen and oxygen atoms in total. The van der Waals surface area contributed by atoms with E-state index in [0.717, 1.165) is 11.6 Å². The second-order valence-electron chi connectivity index (χ2n) is 3.57. The fourth-order valence-corrected chi connectivity index (χ4v) is 2.43. The summed E-state index contributed by atoms with van der Waals surface area (Å²) in [5.41, 5.74) is 0.729. The van der Waals surface area contributed by atoms with Crippen molar-refractivity contribution in [1.29, 1.82) is 0 Å². The van der Waals surface area contributed by atoms with Gasteiger partial charge in [0, 0.05) is 13.2 Å². The summed E-state index contributed by atoms with van der Waals surface area (Å²) in [4.78, 5) is 0. The van der Waals surface area contributed by atoms with Crippen molar-refractivity contribution < 1.29 is 22.7 Å². The van der Waals surface area contributed by atoms with Crippen LogP contribution in [0.1, 0.15) is 19.4 Å². The van der Waals surface area contributed by atoms with Crippen LogP contribution in [0.4, 0.5) is 8.78 Å². The van der Waals surface area contributed by atoms with Crippen LogP contribution >= 0.6 is 0 Å². The SMILES string of the molecule is CCOC(OCC)O[SiH2]Cc1ccc(F)c(F)c1. The van der Waals surface area contributed by atoms with Gasteiger partial charge in [0.25, 0.3) is 6.48 Å². The molecular weight excluding hydrogens is 258 g/mol. The van der Waals surface area contributed by atoms with Crippen molar-refractivity contribution in [3.8, 4) is 0 Å². The standard InChI is InChI=1S/C12H18F2O3Si/c1-3-15-12(16-4-2)17-18-8-9-5-6-10(13)11(14)7-9/h5-7,12H,3-4,8,18H2,1-2H3. The average Bonchev–Trinajstić information content (AvgIpc) is 2.34. The van der Waals surface area contributed by atoms with Gasteiger partial charge in [0.1, 0.15) is 0 Å². The molecule has 0 atom stereocenters. The van der Waals surface area contributed by atoms with Gasteiger partial charge >= 0.3 is 0 Å². The summed E-state index contributed by atoms with van der Waals surface area (Å²) in [6.45, 7) is 4.07. The highest BCUT2D eigenvalue weighted by molar-refractivity contribution is 6.26. The van der Waals surface area contributed by atoms with E-state index in [0.29, 0.717) is 19.3 Å². The minimum absolute atomic E-state index is 0.504. The maximum Gasteiger partial charge on any atom is 0.261 e. The van der Waals surface area contributed by atoms with Crippen LogP contribution in [0.5, 0.6) is 0 Å². The predicted molar refractivity (Wildman–Crippen MR) is 66.7 cm³/mol. The summed E-state index contributed by atoms with van der Waals surface area (Å²) in [5, 5.41) is 0. The quantitative estimate of drug-likeness (QED) is 0.536. The minimum Gasteiger partial charge on any atom is -0.378 e. The van der Waals surface area contributed by atoms with Gasteiger partial charge in [-0.2, -0.15) is 0 Å². The monoisotopic (exact) mass is 276 g/mol. The molecular formula is C12H18F2O3Si. The zero-order valence-electron chi connectivity index (χ0n) is 10.6. The lowest BCUT2D eigenvalue weighted by molar-refractivity contribution is -0.243. The molecule has 0 saturated carbocycles. The highest BCUT2D eigenvalue weighted by Crippen LogP contribution is 2.09. The molecule has 0 N–H and O–H groups in total. The number of hydrogen-bond donors (Lipinski definition) is 0. The molecule has 0 aliphatic rings. The molecule has 0 aliphatic heterocycles. The zero-order chi connectivity index (χ0) is 13.4. The first-order valence-corrected chi connectivity index (χ1v) is 7.53. The van der Waals surface area contributed by atoms with Gasteiger partial charge in [0.05, 0.1) is 0 Å². The lowest BCUT2D eigenvalue weighted by Crippen LogP contribution is -2.24. The summed E-state index contributed by atoms with van der Waals surface area (Å²) < 4.78 is 41.6. The van der Waals surface area contributed by atoms with Crippen molar-refractivity contribution in [3.05, 3.63) is 35.4 Å². The average molecular weight is 276 g/mol. The summed E-state index contributed by atoms with van der Waals surface area (Å²) >= 11 is 0. The van der Waals surface area contributed by atoms with Crippen LogP contribution in [0.15, 0.2) is 18.2 Å². The van der Waals surface area contributed by atoms with Crippen LogP contribution in [0.25, 0.3) is 0 Å². The van der Waals surface area contributed by atoms with E-state index in [2.05, 4.69) is 0 Å². The van der Waals surface area contributed by atoms with Crippen molar-refractivity contribution >= 4 is 9.76 Å². The molecule has 0 aromatic heterocycles. The molecule has 0 spiro atoms. The van der Waals surface area contributed by atoms with Gasteiger partial charge in [-0.15, -0.1) is 0 Å². The molecule has 0 unspecified atom stereocenters. The Morgan fingerprint density at radius 3 is 2.33 bits per heavy atom. The molecule has 102 valence electrons. The Bertz CT molecular complexity index is 357. The second kappa shape index (κ2) is 8.31. The van der Waals surface area contributed by atoms with E-state index in [-0.39, 0.29) is 0 Å². The Balaban J connectivity index is 2.37. The third-order valence-corrected chi connectivity index (χ3v) is 3.52. The van der Waals surface area contributed by atoms with Gasteiger partial charge in [0.2, 0.25) is 0 Å². The Labute approximate surface area is 108 Å². The molecule has 0 heterocycles. The molecule has 1 aromatic carbocycles. The van der Waals surface area contributed by atoms with E-state index in [9.17, 15) is 8.78 Å². The fourth-order valence-electron chi connectivity index (χ4n) is 1.38. The van der Waals surface area contributed by atoms with Crippen molar-refractivity contribution in [1.82, 2.24) is 0 Å². The van der Waals surface area contributed by atoms with E-state index in [1.165, 1.54) is 6.07 Å². The Hall–Kier alpha value is -0.823. The first-order chi connectivity index (χ1) is 8.67. The Kier molecular flexibility index (Phi) is 7.03. The summed E-state index contributed by atoms with van der Waals surface area (Å²) in [7, 11) is -0.942. The molecule has 18 heavy (non-hydrogen) atoms. The van der Waals surface area contributed by atoms with E-state index >= 15 is 0 Å². The van der Waals surface area contributed by atoms with Crippen molar-refractivity contribution in [3.63, 3.8) is 0 Å². The van der Waals surface area contributed by atoms with Crippen LogP contribution in [0.3, 0.4) is 0 Å². The first kappa shape index (κ1) is 15.2. The van der Waals surface area contributed by atoms with Gasteiger partial charge < -0.3 is 13.9 Å². The van der Waals surface area contributed by atoms with E-state index in [1.54, 1.807) is 6.07 Å². The third-order valence-electron chi connectivity index (χ3n) is 2.23. The van der Waals surface area contributed by atoms with Gasteiger partial charge in [-0.1, -0.05) is 6.07 Å². The molecule has 1 rings (SSSR count). The maximum atomic E-state index is 13.0. The zero-order valence-corrected chi connectivity index (χ0v) is 12.0. The Morgan fingerprint density at radius 2 is 1.78 bits per heavy atom. The highest BCUT2D eigenvalue weighted by Gasteiger charge is 2.08. The van der Waals surface area contributed by atoms with E-state index in [1.807, 2.05) is 13.8 Å². The van der Waals surface area contributed by atoms with Crippen molar-refractivity contribution in [2.45, 2.75) is 26.4 Å². The molecule has 6 heteroatoms. The van der Waals surface area contributed by atoms with Crippen LogP contribution in [-0.2, 0) is 19.9 Å². The van der Waals surface area contributed by atoms with Crippen molar-refractivity contribution in [2.24, 2.45) is 0 Å². The van der Waals surface area contributed by atoms with Crippen molar-refractivity contribution in [2.75, 3.05) is 13.2 Å². The first-order valence-electron chi connectivity index (χ1n) is 5.96. The molecule has 0 aliphatic carbocycles. The normalized spacial score (nSPS) is 11.8. The van der Waals surface area contributed by atoms with Gasteiger partial charge in [0.15, 0.2) is 21.4 Å². The lowest BCUT2D eigenvalue weighted by Gasteiger charge is -2.17. The Morgan fingerprint density at radius 1 is 1.11 bits per heavy atom. The van der Waals surface area contributed by atoms with Crippen LogP contribution in [-0.4, -0.2) is 29.5 Å². The molecule has 0 bridgehead atoms. The maximum absolute atomic E-state index is 13.0. The van der Waals surface area contributed by atoms with E-state index < -0.39 is 27.9 Å². The minimum atomic E-state index is -0.942. The molecule has 0 saturated heterocycles.